The van der Waals surface area contributed by atoms with Gasteiger partial charge in [0, 0.05) is 11.6 Å². The van der Waals surface area contributed by atoms with Gasteiger partial charge in [0.2, 0.25) is 0 Å². The Hall–Kier alpha value is -0.280. The monoisotopic (exact) mass is 302 g/mol. The lowest BCUT2D eigenvalue weighted by Gasteiger charge is -2.32. The first kappa shape index (κ1) is 16.8. The zero-order valence-corrected chi connectivity index (χ0v) is 13.1. The van der Waals surface area contributed by atoms with Gasteiger partial charge in [-0.05, 0) is 63.5 Å². The van der Waals surface area contributed by atoms with Crippen LogP contribution in [-0.4, -0.2) is 31.6 Å². The predicted octanol–water partition coefficient (Wildman–Crippen LogP) is 3.58. The smallest absolute Gasteiger partial charge is 0.0451 e. The van der Waals surface area contributed by atoms with Crippen molar-refractivity contribution in [2.45, 2.75) is 25.8 Å². The molecule has 0 aromatic heterocycles. The summed E-state index contributed by atoms with van der Waals surface area (Å²) in [5, 5.41) is 4.14. The van der Waals surface area contributed by atoms with Crippen molar-refractivity contribution in [2.24, 2.45) is 5.92 Å². The molecule has 0 atom stereocenters. The van der Waals surface area contributed by atoms with Gasteiger partial charge in [-0.15, -0.1) is 12.4 Å². The molecular formula is C15H24Cl2N2. The van der Waals surface area contributed by atoms with Crippen LogP contribution in [0.3, 0.4) is 0 Å². The highest BCUT2D eigenvalue weighted by molar-refractivity contribution is 6.31. The summed E-state index contributed by atoms with van der Waals surface area (Å²) in [5.74, 6) is 0.903. The Labute approximate surface area is 127 Å². The first-order valence-corrected chi connectivity index (χ1v) is 7.27. The van der Waals surface area contributed by atoms with Gasteiger partial charge in [0.05, 0.1) is 0 Å². The molecule has 0 unspecified atom stereocenters. The van der Waals surface area contributed by atoms with Gasteiger partial charge in [-0.3, -0.25) is 4.90 Å². The second-order valence-corrected chi connectivity index (χ2v) is 5.61. The van der Waals surface area contributed by atoms with Gasteiger partial charge >= 0.3 is 0 Å². The molecule has 1 aliphatic rings. The molecule has 1 N–H and O–H groups in total. The van der Waals surface area contributed by atoms with E-state index in [1.54, 1.807) is 0 Å². The molecule has 1 aromatic carbocycles. The van der Waals surface area contributed by atoms with Crippen molar-refractivity contribution < 1.29 is 0 Å². The third-order valence-corrected chi connectivity index (χ3v) is 4.23. The van der Waals surface area contributed by atoms with Gasteiger partial charge in [-0.2, -0.15) is 0 Å². The van der Waals surface area contributed by atoms with Crippen LogP contribution in [0, 0.1) is 5.92 Å². The van der Waals surface area contributed by atoms with E-state index < -0.39 is 0 Å². The maximum atomic E-state index is 6.21. The van der Waals surface area contributed by atoms with Crippen LogP contribution in [0.2, 0.25) is 5.02 Å². The van der Waals surface area contributed by atoms with Gasteiger partial charge in [-0.25, -0.2) is 0 Å². The van der Waals surface area contributed by atoms with Crippen LogP contribution in [0.15, 0.2) is 24.3 Å². The summed E-state index contributed by atoms with van der Waals surface area (Å²) in [5.41, 5.74) is 1.26. The summed E-state index contributed by atoms with van der Waals surface area (Å²) in [6.07, 6.45) is 3.97. The molecule has 1 fully saturated rings. The summed E-state index contributed by atoms with van der Waals surface area (Å²) < 4.78 is 0. The van der Waals surface area contributed by atoms with E-state index >= 15 is 0 Å². The van der Waals surface area contributed by atoms with Gasteiger partial charge < -0.3 is 5.32 Å². The number of nitrogens with zero attached hydrogens (tertiary/aromatic N) is 1. The maximum Gasteiger partial charge on any atom is 0.0451 e. The van der Waals surface area contributed by atoms with Crippen LogP contribution >= 0.6 is 24.0 Å². The number of rotatable bonds is 5. The lowest BCUT2D eigenvalue weighted by Crippen LogP contribution is -2.34. The second-order valence-electron chi connectivity index (χ2n) is 5.20. The molecule has 2 rings (SSSR count). The number of likely N-dealkylation sites (tertiary alicyclic amines) is 1. The average molecular weight is 303 g/mol. The van der Waals surface area contributed by atoms with Crippen LogP contribution in [0.25, 0.3) is 0 Å². The molecule has 1 aliphatic heterocycles. The predicted molar refractivity (Wildman–Crippen MR) is 85.2 cm³/mol. The van der Waals surface area contributed by atoms with E-state index in [4.69, 9.17) is 11.6 Å². The van der Waals surface area contributed by atoms with Crippen molar-refractivity contribution >= 4 is 24.0 Å². The summed E-state index contributed by atoms with van der Waals surface area (Å²) in [6, 6.07) is 8.18. The van der Waals surface area contributed by atoms with Gasteiger partial charge in [0.25, 0.3) is 0 Å². The molecule has 1 heterocycles. The minimum absolute atomic E-state index is 0. The number of hydrogen-bond acceptors (Lipinski definition) is 2. The molecule has 0 saturated carbocycles. The quantitative estimate of drug-likeness (QED) is 0.894. The summed E-state index contributed by atoms with van der Waals surface area (Å²) in [6.45, 7) is 4.56. The van der Waals surface area contributed by atoms with E-state index in [-0.39, 0.29) is 12.4 Å². The molecule has 0 aliphatic carbocycles. The topological polar surface area (TPSA) is 15.3 Å². The van der Waals surface area contributed by atoms with E-state index in [1.165, 1.54) is 37.9 Å². The molecule has 1 saturated heterocycles. The highest BCUT2D eigenvalue weighted by Crippen LogP contribution is 2.23. The van der Waals surface area contributed by atoms with Crippen molar-refractivity contribution in [3.63, 3.8) is 0 Å². The van der Waals surface area contributed by atoms with Crippen LogP contribution < -0.4 is 5.32 Å². The molecule has 0 radical (unpaired) electrons. The molecule has 0 amide bonds. The molecule has 4 heteroatoms. The summed E-state index contributed by atoms with van der Waals surface area (Å²) in [4.78, 5) is 2.52. The van der Waals surface area contributed by atoms with Gasteiger partial charge in [-0.1, -0.05) is 29.8 Å². The first-order chi connectivity index (χ1) is 8.79. The average Bonchev–Trinajstić information content (AvgIpc) is 2.41. The Morgan fingerprint density at radius 1 is 1.26 bits per heavy atom. The SMILES string of the molecule is CNCCC1CCN(Cc2ccccc2Cl)CC1.Cl. The van der Waals surface area contributed by atoms with E-state index in [9.17, 15) is 0 Å². The second kappa shape index (κ2) is 8.80. The third kappa shape index (κ3) is 5.31. The fourth-order valence-corrected chi connectivity index (χ4v) is 2.84. The number of piperidine rings is 1. The first-order valence-electron chi connectivity index (χ1n) is 6.90. The van der Waals surface area contributed by atoms with Crippen LogP contribution in [-0.2, 0) is 6.54 Å². The van der Waals surface area contributed by atoms with E-state index in [1.807, 2.05) is 19.2 Å². The van der Waals surface area contributed by atoms with E-state index in [2.05, 4.69) is 22.3 Å². The number of benzene rings is 1. The fourth-order valence-electron chi connectivity index (χ4n) is 2.65. The molecule has 0 spiro atoms. The van der Waals surface area contributed by atoms with Crippen molar-refractivity contribution in [3.05, 3.63) is 34.9 Å². The van der Waals surface area contributed by atoms with Gasteiger partial charge in [0.15, 0.2) is 0 Å². The fraction of sp³-hybridized carbons (Fsp3) is 0.600. The van der Waals surface area contributed by atoms with Crippen molar-refractivity contribution in [1.29, 1.82) is 0 Å². The molecule has 0 bridgehead atoms. The lowest BCUT2D eigenvalue weighted by molar-refractivity contribution is 0.172. The van der Waals surface area contributed by atoms with Crippen LogP contribution in [0.5, 0.6) is 0 Å². The Bertz CT molecular complexity index is 363. The molecule has 108 valence electrons. The van der Waals surface area contributed by atoms with Gasteiger partial charge in [0.1, 0.15) is 0 Å². The Morgan fingerprint density at radius 2 is 1.95 bits per heavy atom. The Balaban J connectivity index is 0.00000180. The largest absolute Gasteiger partial charge is 0.320 e. The highest BCUT2D eigenvalue weighted by atomic mass is 35.5. The Kier molecular flexibility index (Phi) is 7.77. The molecular weight excluding hydrogens is 279 g/mol. The van der Waals surface area contributed by atoms with Crippen molar-refractivity contribution in [3.8, 4) is 0 Å². The molecule has 1 aromatic rings. The van der Waals surface area contributed by atoms with Crippen molar-refractivity contribution in [1.82, 2.24) is 10.2 Å². The number of halogens is 2. The third-order valence-electron chi connectivity index (χ3n) is 3.86. The zero-order valence-electron chi connectivity index (χ0n) is 11.6. The molecule has 19 heavy (non-hydrogen) atoms. The summed E-state index contributed by atoms with van der Waals surface area (Å²) >= 11 is 6.21. The summed E-state index contributed by atoms with van der Waals surface area (Å²) in [7, 11) is 2.03. The van der Waals surface area contributed by atoms with Crippen LogP contribution in [0.4, 0.5) is 0 Å². The van der Waals surface area contributed by atoms with Crippen molar-refractivity contribution in [2.75, 3.05) is 26.7 Å². The van der Waals surface area contributed by atoms with E-state index in [0.717, 1.165) is 24.0 Å². The standard InChI is InChI=1S/C15H23ClN2.ClH/c1-17-9-6-13-7-10-18(11-8-13)12-14-4-2-3-5-15(14)16;/h2-5,13,17H,6-12H2,1H3;1H. The molecule has 2 nitrogen and oxygen atoms in total. The Morgan fingerprint density at radius 3 is 2.58 bits per heavy atom. The van der Waals surface area contributed by atoms with E-state index in [0.29, 0.717) is 0 Å². The zero-order chi connectivity index (χ0) is 12.8. The minimum Gasteiger partial charge on any atom is -0.320 e. The number of nitrogens with one attached hydrogen (secondary N) is 1. The maximum absolute atomic E-state index is 6.21. The van der Waals surface area contributed by atoms with Crippen LogP contribution in [0.1, 0.15) is 24.8 Å². The highest BCUT2D eigenvalue weighted by Gasteiger charge is 2.19. The normalized spacial score (nSPS) is 17.2. The minimum atomic E-state index is 0. The lowest BCUT2D eigenvalue weighted by atomic mass is 9.93. The number of hydrogen-bond donors (Lipinski definition) is 1.